The van der Waals surface area contributed by atoms with Crippen LogP contribution in [0.15, 0.2) is 18.2 Å². The van der Waals surface area contributed by atoms with Crippen LogP contribution in [-0.4, -0.2) is 25.2 Å². The van der Waals surface area contributed by atoms with E-state index in [4.69, 9.17) is 27.9 Å². The number of carbonyl (C=O) groups excluding carboxylic acids is 1. The maximum atomic E-state index is 11.5. The van der Waals surface area contributed by atoms with Gasteiger partial charge in [-0.1, -0.05) is 29.3 Å². The van der Waals surface area contributed by atoms with Crippen LogP contribution in [0, 0.1) is 0 Å². The Balaban J connectivity index is 1.86. The van der Waals surface area contributed by atoms with Crippen molar-refractivity contribution in [2.75, 3.05) is 13.2 Å². The average Bonchev–Trinajstić information content (AvgIpc) is 3.04. The number of ether oxygens (including phenoxy) is 1. The van der Waals surface area contributed by atoms with E-state index in [1.807, 2.05) is 0 Å². The predicted molar refractivity (Wildman–Crippen MR) is 62.9 cm³/mol. The third kappa shape index (κ3) is 3.37. The molecule has 1 N–H and O–H groups in total. The first-order chi connectivity index (χ1) is 7.65. The highest BCUT2D eigenvalue weighted by Gasteiger charge is 2.22. The maximum absolute atomic E-state index is 11.5. The molecule has 0 unspecified atom stereocenters. The zero-order valence-corrected chi connectivity index (χ0v) is 10.0. The Bertz CT molecular complexity index is 405. The molecule has 16 heavy (non-hydrogen) atoms. The lowest BCUT2D eigenvalue weighted by Gasteiger charge is -2.04. The molecule has 1 aromatic rings. The molecule has 0 saturated carbocycles. The smallest absolute Gasteiger partial charge is 0.224 e. The van der Waals surface area contributed by atoms with Gasteiger partial charge in [-0.2, -0.15) is 0 Å². The van der Waals surface area contributed by atoms with Gasteiger partial charge < -0.3 is 10.1 Å². The normalized spacial score (nSPS) is 18.2. The molecule has 0 radical (unpaired) electrons. The van der Waals surface area contributed by atoms with Crippen molar-refractivity contribution in [3.05, 3.63) is 33.8 Å². The molecule has 1 heterocycles. The fourth-order valence-electron chi connectivity index (χ4n) is 1.31. The third-order valence-electron chi connectivity index (χ3n) is 2.28. The SMILES string of the molecule is O=C(Cc1ccc(Cl)c(Cl)c1)NC[C@H]1CO1. The molecule has 0 aromatic heterocycles. The Morgan fingerprint density at radius 2 is 2.19 bits per heavy atom. The summed E-state index contributed by atoms with van der Waals surface area (Å²) in [7, 11) is 0. The van der Waals surface area contributed by atoms with Crippen LogP contribution in [0.1, 0.15) is 5.56 Å². The van der Waals surface area contributed by atoms with Gasteiger partial charge in [0.05, 0.1) is 29.2 Å². The molecule has 1 fully saturated rings. The number of halogens is 2. The Hall–Kier alpha value is -0.770. The van der Waals surface area contributed by atoms with E-state index >= 15 is 0 Å². The summed E-state index contributed by atoms with van der Waals surface area (Å²) in [5, 5.41) is 3.75. The molecule has 1 saturated heterocycles. The van der Waals surface area contributed by atoms with Gasteiger partial charge in [0.2, 0.25) is 5.91 Å². The van der Waals surface area contributed by atoms with Crippen LogP contribution in [0.4, 0.5) is 0 Å². The number of benzene rings is 1. The number of hydrogen-bond donors (Lipinski definition) is 1. The largest absolute Gasteiger partial charge is 0.371 e. The second kappa shape index (κ2) is 5.04. The van der Waals surface area contributed by atoms with Crippen molar-refractivity contribution in [2.45, 2.75) is 12.5 Å². The summed E-state index contributed by atoms with van der Waals surface area (Å²) in [6.07, 6.45) is 0.515. The summed E-state index contributed by atoms with van der Waals surface area (Å²) in [5.41, 5.74) is 0.851. The topological polar surface area (TPSA) is 41.6 Å². The van der Waals surface area contributed by atoms with Gasteiger partial charge in [-0.15, -0.1) is 0 Å². The van der Waals surface area contributed by atoms with Crippen molar-refractivity contribution in [3.8, 4) is 0 Å². The lowest BCUT2D eigenvalue weighted by atomic mass is 10.1. The summed E-state index contributed by atoms with van der Waals surface area (Å²) in [6, 6.07) is 5.19. The van der Waals surface area contributed by atoms with Gasteiger partial charge in [0.15, 0.2) is 0 Å². The van der Waals surface area contributed by atoms with Crippen LogP contribution in [-0.2, 0) is 16.0 Å². The highest BCUT2D eigenvalue weighted by atomic mass is 35.5. The molecule has 1 amide bonds. The van der Waals surface area contributed by atoms with Crippen LogP contribution in [0.25, 0.3) is 0 Å². The Morgan fingerprint density at radius 1 is 1.44 bits per heavy atom. The average molecular weight is 260 g/mol. The third-order valence-corrected chi connectivity index (χ3v) is 3.02. The minimum Gasteiger partial charge on any atom is -0.371 e. The van der Waals surface area contributed by atoms with E-state index in [9.17, 15) is 4.79 Å². The van der Waals surface area contributed by atoms with Crippen molar-refractivity contribution in [3.63, 3.8) is 0 Å². The second-order valence-electron chi connectivity index (χ2n) is 3.68. The van der Waals surface area contributed by atoms with Gasteiger partial charge in [-0.25, -0.2) is 0 Å². The molecule has 0 spiro atoms. The molecule has 0 aliphatic carbocycles. The van der Waals surface area contributed by atoms with Crippen LogP contribution in [0.2, 0.25) is 10.0 Å². The van der Waals surface area contributed by atoms with Crippen molar-refractivity contribution >= 4 is 29.1 Å². The lowest BCUT2D eigenvalue weighted by molar-refractivity contribution is -0.120. The molecule has 1 aliphatic rings. The first kappa shape index (κ1) is 11.7. The number of rotatable bonds is 4. The molecule has 5 heteroatoms. The highest BCUT2D eigenvalue weighted by Crippen LogP contribution is 2.22. The fourth-order valence-corrected chi connectivity index (χ4v) is 1.63. The summed E-state index contributed by atoms with van der Waals surface area (Å²) in [6.45, 7) is 1.33. The molecular weight excluding hydrogens is 249 g/mol. The summed E-state index contributed by atoms with van der Waals surface area (Å²) in [5.74, 6) is -0.0334. The van der Waals surface area contributed by atoms with Gasteiger partial charge in [0, 0.05) is 6.54 Å². The first-order valence-corrected chi connectivity index (χ1v) is 5.73. The minimum absolute atomic E-state index is 0.0334. The van der Waals surface area contributed by atoms with Crippen LogP contribution in [0.3, 0.4) is 0 Å². The van der Waals surface area contributed by atoms with E-state index in [0.717, 1.165) is 12.2 Å². The second-order valence-corrected chi connectivity index (χ2v) is 4.50. The number of carbonyl (C=O) groups is 1. The van der Waals surface area contributed by atoms with E-state index in [-0.39, 0.29) is 12.0 Å². The Kier molecular flexibility index (Phi) is 3.69. The first-order valence-electron chi connectivity index (χ1n) is 4.97. The van der Waals surface area contributed by atoms with Crippen molar-refractivity contribution in [2.24, 2.45) is 0 Å². The molecule has 2 rings (SSSR count). The maximum Gasteiger partial charge on any atom is 0.224 e. The van der Waals surface area contributed by atoms with Gasteiger partial charge in [-0.3, -0.25) is 4.79 Å². The fraction of sp³-hybridized carbons (Fsp3) is 0.364. The van der Waals surface area contributed by atoms with E-state index in [1.54, 1.807) is 18.2 Å². The minimum atomic E-state index is -0.0334. The van der Waals surface area contributed by atoms with E-state index in [0.29, 0.717) is 23.0 Å². The van der Waals surface area contributed by atoms with E-state index in [1.165, 1.54) is 0 Å². The van der Waals surface area contributed by atoms with Crippen LogP contribution in [0.5, 0.6) is 0 Å². The molecule has 86 valence electrons. The summed E-state index contributed by atoms with van der Waals surface area (Å²) >= 11 is 11.6. The number of epoxide rings is 1. The van der Waals surface area contributed by atoms with Gasteiger partial charge in [0.25, 0.3) is 0 Å². The van der Waals surface area contributed by atoms with Crippen molar-refractivity contribution < 1.29 is 9.53 Å². The van der Waals surface area contributed by atoms with Gasteiger partial charge in [-0.05, 0) is 17.7 Å². The standard InChI is InChI=1S/C11H11Cl2NO2/c12-9-2-1-7(3-10(9)13)4-11(15)14-5-8-6-16-8/h1-3,8H,4-6H2,(H,14,15)/t8-/m0/s1. The molecule has 1 aliphatic heterocycles. The molecule has 3 nitrogen and oxygen atoms in total. The van der Waals surface area contributed by atoms with Crippen molar-refractivity contribution in [1.29, 1.82) is 0 Å². The molecule has 1 atom stereocenters. The van der Waals surface area contributed by atoms with Crippen molar-refractivity contribution in [1.82, 2.24) is 5.32 Å². The molecule has 0 bridgehead atoms. The number of hydrogen-bond acceptors (Lipinski definition) is 2. The lowest BCUT2D eigenvalue weighted by Crippen LogP contribution is -2.28. The molecule has 1 aromatic carbocycles. The monoisotopic (exact) mass is 259 g/mol. The zero-order chi connectivity index (χ0) is 11.5. The van der Waals surface area contributed by atoms with E-state index < -0.39 is 0 Å². The summed E-state index contributed by atoms with van der Waals surface area (Å²) < 4.78 is 4.99. The number of amides is 1. The van der Waals surface area contributed by atoms with Gasteiger partial charge >= 0.3 is 0 Å². The number of nitrogens with one attached hydrogen (secondary N) is 1. The summed E-state index contributed by atoms with van der Waals surface area (Å²) in [4.78, 5) is 11.5. The predicted octanol–water partition coefficient (Wildman–Crippen LogP) is 2.05. The van der Waals surface area contributed by atoms with E-state index in [2.05, 4.69) is 5.32 Å². The molecular formula is C11H11Cl2NO2. The van der Waals surface area contributed by atoms with Crippen LogP contribution >= 0.6 is 23.2 Å². The zero-order valence-electron chi connectivity index (χ0n) is 8.50. The quantitative estimate of drug-likeness (QED) is 0.842. The van der Waals surface area contributed by atoms with Crippen LogP contribution < -0.4 is 5.32 Å². The Morgan fingerprint density at radius 3 is 2.81 bits per heavy atom. The van der Waals surface area contributed by atoms with Gasteiger partial charge in [0.1, 0.15) is 0 Å². The Labute approximate surface area is 104 Å². The highest BCUT2D eigenvalue weighted by molar-refractivity contribution is 6.42.